The van der Waals surface area contributed by atoms with E-state index in [4.69, 9.17) is 9.16 Å². The third-order valence-corrected chi connectivity index (χ3v) is 9.94. The predicted octanol–water partition coefficient (Wildman–Crippen LogP) is 6.28. The first kappa shape index (κ1) is 25.8. The van der Waals surface area contributed by atoms with E-state index in [0.29, 0.717) is 0 Å². The zero-order valence-electron chi connectivity index (χ0n) is 20.0. The Morgan fingerprint density at radius 3 is 2.10 bits per heavy atom. The summed E-state index contributed by atoms with van der Waals surface area (Å²) >= 11 is 0. The third kappa shape index (κ3) is 6.91. The number of carbonyl (C=O) groups excluding carboxylic acids is 1. The summed E-state index contributed by atoms with van der Waals surface area (Å²) in [5.41, 5.74) is -0.549. The van der Waals surface area contributed by atoms with Gasteiger partial charge in [0, 0.05) is 24.6 Å². The smallest absolute Gasteiger partial charge is 0.412 e. The van der Waals surface area contributed by atoms with Crippen LogP contribution in [0.2, 0.25) is 18.1 Å². The fraction of sp³-hybridized carbons (Fsp3) is 0.583. The average Bonchev–Trinajstić information content (AvgIpc) is 2.60. The molecule has 6 heteroatoms. The molecule has 1 rings (SSSR count). The normalized spacial score (nSPS) is 14.5. The summed E-state index contributed by atoms with van der Waals surface area (Å²) in [5.74, 6) is 0. The largest absolute Gasteiger partial charge is 0.549 e. The molecular weight excluding hydrogens is 392 g/mol. The number of ether oxygens (including phenoxy) is 1. The Balaban J connectivity index is 3.26. The first-order chi connectivity index (χ1) is 13.7. The van der Waals surface area contributed by atoms with Crippen molar-refractivity contribution >= 4 is 14.4 Å². The molecule has 0 bridgehead atoms. The lowest BCUT2D eigenvalue weighted by molar-refractivity contribution is 0.0337. The van der Waals surface area contributed by atoms with Gasteiger partial charge in [0.25, 0.3) is 0 Å². The van der Waals surface area contributed by atoms with E-state index in [2.05, 4.69) is 39.9 Å². The number of nitriles is 1. The molecule has 0 saturated heterocycles. The van der Waals surface area contributed by atoms with Crippen molar-refractivity contribution in [1.29, 1.82) is 5.26 Å². The van der Waals surface area contributed by atoms with E-state index in [-0.39, 0.29) is 23.5 Å². The zero-order valence-corrected chi connectivity index (χ0v) is 21.0. The Morgan fingerprint density at radius 1 is 1.13 bits per heavy atom. The number of nitrogens with zero attached hydrogens (tertiary/aromatic N) is 2. The monoisotopic (exact) mass is 430 g/mol. The first-order valence-electron chi connectivity index (χ1n) is 10.6. The number of carbonyl (C=O) groups is 1. The maximum absolute atomic E-state index is 13.0. The van der Waals surface area contributed by atoms with Crippen LogP contribution < -0.4 is 0 Å². The van der Waals surface area contributed by atoms with Gasteiger partial charge in [0.15, 0.2) is 0 Å². The molecule has 0 unspecified atom stereocenters. The van der Waals surface area contributed by atoms with Gasteiger partial charge in [0.2, 0.25) is 13.9 Å². The van der Waals surface area contributed by atoms with Crippen LogP contribution in [0.15, 0.2) is 42.7 Å². The summed E-state index contributed by atoms with van der Waals surface area (Å²) in [7, 11) is -2.05. The van der Waals surface area contributed by atoms with Crippen LogP contribution in [0.25, 0.3) is 0 Å². The maximum Gasteiger partial charge on any atom is 0.412 e. The van der Waals surface area contributed by atoms with Gasteiger partial charge < -0.3 is 14.1 Å². The van der Waals surface area contributed by atoms with Crippen LogP contribution in [-0.4, -0.2) is 37.0 Å². The highest BCUT2D eigenvalue weighted by Crippen LogP contribution is 2.37. The molecule has 0 radical (unpaired) electrons. The van der Waals surface area contributed by atoms with Crippen molar-refractivity contribution < 1.29 is 14.0 Å². The fourth-order valence-corrected chi connectivity index (χ4v) is 3.61. The van der Waals surface area contributed by atoms with Crippen molar-refractivity contribution in [3.63, 3.8) is 0 Å². The molecule has 0 aromatic heterocycles. The van der Waals surface area contributed by atoms with E-state index in [1.807, 2.05) is 58.0 Å². The Labute approximate surface area is 183 Å². The molecule has 30 heavy (non-hydrogen) atoms. The van der Waals surface area contributed by atoms with E-state index in [1.54, 1.807) is 17.2 Å². The quantitative estimate of drug-likeness (QED) is 0.359. The van der Waals surface area contributed by atoms with E-state index >= 15 is 0 Å². The number of amides is 1. The second-order valence-corrected chi connectivity index (χ2v) is 14.6. The molecular formula is C24H38N2O3Si. The number of hydrogen-bond acceptors (Lipinski definition) is 4. The molecule has 0 heterocycles. The molecule has 0 saturated carbocycles. The lowest BCUT2D eigenvalue weighted by Gasteiger charge is -2.36. The number of benzene rings is 1. The van der Waals surface area contributed by atoms with Gasteiger partial charge in [0.1, 0.15) is 6.07 Å². The van der Waals surface area contributed by atoms with Crippen molar-refractivity contribution in [2.24, 2.45) is 0 Å². The van der Waals surface area contributed by atoms with Crippen LogP contribution in [0.4, 0.5) is 4.79 Å². The van der Waals surface area contributed by atoms with Gasteiger partial charge in [0.05, 0.1) is 6.26 Å². The SMILES string of the molecule is CC(C)N(C(=O)O[C@@](C#N)(/C=C\O[Si](C)(C)C(C)(C)C)Cc1ccccc1)C(C)C. The summed E-state index contributed by atoms with van der Waals surface area (Å²) in [4.78, 5) is 14.6. The Morgan fingerprint density at radius 2 is 1.67 bits per heavy atom. The lowest BCUT2D eigenvalue weighted by atomic mass is 9.95. The molecule has 0 aliphatic rings. The Bertz CT molecular complexity index is 753. The van der Waals surface area contributed by atoms with Gasteiger partial charge in [-0.2, -0.15) is 5.26 Å². The van der Waals surface area contributed by atoms with Crippen LogP contribution in [0.5, 0.6) is 0 Å². The third-order valence-electron chi connectivity index (χ3n) is 5.60. The minimum atomic E-state index is -2.05. The molecule has 1 atom stereocenters. The van der Waals surface area contributed by atoms with Gasteiger partial charge in [-0.25, -0.2) is 4.79 Å². The Hall–Kier alpha value is -2.26. The van der Waals surface area contributed by atoms with Crippen LogP contribution in [-0.2, 0) is 15.6 Å². The first-order valence-corrected chi connectivity index (χ1v) is 13.5. The van der Waals surface area contributed by atoms with Crippen LogP contribution in [0.3, 0.4) is 0 Å². The van der Waals surface area contributed by atoms with Crippen molar-refractivity contribution in [3.8, 4) is 6.07 Å². The minimum absolute atomic E-state index is 0.0227. The summed E-state index contributed by atoms with van der Waals surface area (Å²) < 4.78 is 12.0. The van der Waals surface area contributed by atoms with Crippen LogP contribution in [0, 0.1) is 11.3 Å². The highest BCUT2D eigenvalue weighted by atomic mass is 28.4. The molecule has 1 amide bonds. The summed E-state index contributed by atoms with van der Waals surface area (Å²) in [6, 6.07) is 11.7. The number of hydrogen-bond donors (Lipinski definition) is 0. The summed E-state index contributed by atoms with van der Waals surface area (Å²) in [5, 5.41) is 10.1. The molecule has 0 N–H and O–H groups in total. The minimum Gasteiger partial charge on any atom is -0.549 e. The van der Waals surface area contributed by atoms with Crippen molar-refractivity contribution in [2.45, 2.75) is 90.7 Å². The van der Waals surface area contributed by atoms with Crippen LogP contribution >= 0.6 is 0 Å². The zero-order chi connectivity index (χ0) is 23.2. The van der Waals surface area contributed by atoms with Gasteiger partial charge in [-0.15, -0.1) is 0 Å². The highest BCUT2D eigenvalue weighted by molar-refractivity contribution is 6.74. The molecule has 1 aromatic rings. The standard InChI is InChI=1S/C24H38N2O3Si/c1-19(2)26(20(3)4)22(27)29-24(18-25,17-21-13-11-10-12-14-21)15-16-28-30(8,9)23(5,6)7/h10-16,19-20H,17H2,1-9H3/b16-15-/t24-/m0/s1. The predicted molar refractivity (Wildman–Crippen MR) is 125 cm³/mol. The van der Waals surface area contributed by atoms with E-state index in [1.165, 1.54) is 0 Å². The topological polar surface area (TPSA) is 62.6 Å². The maximum atomic E-state index is 13.0. The average molecular weight is 431 g/mol. The lowest BCUT2D eigenvalue weighted by Crippen LogP contribution is -2.47. The highest BCUT2D eigenvalue weighted by Gasteiger charge is 2.39. The van der Waals surface area contributed by atoms with Crippen LogP contribution in [0.1, 0.15) is 54.0 Å². The molecule has 0 fully saturated rings. The molecule has 0 aliphatic heterocycles. The van der Waals surface area contributed by atoms with Crippen molar-refractivity contribution in [3.05, 3.63) is 48.2 Å². The molecule has 0 aliphatic carbocycles. The van der Waals surface area contributed by atoms with E-state index in [9.17, 15) is 10.1 Å². The van der Waals surface area contributed by atoms with Gasteiger partial charge in [-0.1, -0.05) is 51.1 Å². The Kier molecular flexibility index (Phi) is 8.73. The second-order valence-electron chi connectivity index (χ2n) is 9.81. The van der Waals surface area contributed by atoms with Crippen molar-refractivity contribution in [2.75, 3.05) is 0 Å². The van der Waals surface area contributed by atoms with Crippen molar-refractivity contribution in [1.82, 2.24) is 4.90 Å². The molecule has 5 nitrogen and oxygen atoms in total. The fourth-order valence-electron chi connectivity index (χ4n) is 2.84. The summed E-state index contributed by atoms with van der Waals surface area (Å²) in [6.07, 6.45) is 2.90. The molecule has 0 spiro atoms. The van der Waals surface area contributed by atoms with E-state index in [0.717, 1.165) is 5.56 Å². The summed E-state index contributed by atoms with van der Waals surface area (Å²) in [6.45, 7) is 18.5. The van der Waals surface area contributed by atoms with Gasteiger partial charge in [-0.3, -0.25) is 0 Å². The molecule has 1 aromatic carbocycles. The molecule has 166 valence electrons. The van der Waals surface area contributed by atoms with E-state index < -0.39 is 20.0 Å². The second kappa shape index (κ2) is 10.2. The number of rotatable bonds is 8. The van der Waals surface area contributed by atoms with Gasteiger partial charge >= 0.3 is 6.09 Å². The van der Waals surface area contributed by atoms with Gasteiger partial charge in [-0.05, 0) is 51.4 Å².